The summed E-state index contributed by atoms with van der Waals surface area (Å²) in [5.41, 5.74) is 0.870. The van der Waals surface area contributed by atoms with E-state index in [0.717, 1.165) is 11.3 Å². The molecule has 0 spiro atoms. The molecule has 0 fully saturated rings. The van der Waals surface area contributed by atoms with Gasteiger partial charge in [0.25, 0.3) is 0 Å². The number of thiazole rings is 1. The van der Waals surface area contributed by atoms with Gasteiger partial charge in [-0.3, -0.25) is 5.32 Å². The number of benzene rings is 1. The summed E-state index contributed by atoms with van der Waals surface area (Å²) in [6.07, 6.45) is 5.77. The molecule has 0 saturated carbocycles. The minimum Gasteiger partial charge on any atom is -0.497 e. The van der Waals surface area contributed by atoms with Crippen molar-refractivity contribution in [3.05, 3.63) is 40.9 Å². The van der Waals surface area contributed by atoms with Crippen LogP contribution >= 0.6 is 11.3 Å². The summed E-state index contributed by atoms with van der Waals surface area (Å²) in [5.74, 6) is 3.54. The predicted octanol–water partition coefficient (Wildman–Crippen LogP) is 2.20. The van der Waals surface area contributed by atoms with Gasteiger partial charge in [0.15, 0.2) is 5.13 Å². The van der Waals surface area contributed by atoms with Crippen molar-refractivity contribution in [1.29, 1.82) is 0 Å². The average molecular weight is 345 g/mol. The van der Waals surface area contributed by atoms with Crippen LogP contribution in [0.2, 0.25) is 0 Å². The van der Waals surface area contributed by atoms with Crippen LogP contribution in [0.3, 0.4) is 0 Å². The van der Waals surface area contributed by atoms with Gasteiger partial charge in [0.1, 0.15) is 5.75 Å². The number of aromatic nitrogens is 1. The standard InChI is InChI=1S/C17H19N3O3S/c1-4-17(2,12-5-7-13(23-3)8-6-12)14-11-24-16(19-14)20-15(22)18-9-10-21/h1,5-8,11,21H,9-10H2,2-3H3,(H2,18,19,20,22)/t17-/m1/s1. The summed E-state index contributed by atoms with van der Waals surface area (Å²) < 4.78 is 5.16. The fourth-order valence-corrected chi connectivity index (χ4v) is 2.92. The molecule has 6 nitrogen and oxygen atoms in total. The van der Waals surface area contributed by atoms with Gasteiger partial charge in [-0.2, -0.15) is 0 Å². The fourth-order valence-electron chi connectivity index (χ4n) is 2.10. The lowest BCUT2D eigenvalue weighted by Crippen LogP contribution is -2.31. The van der Waals surface area contributed by atoms with Crippen LogP contribution in [0.25, 0.3) is 0 Å². The highest BCUT2D eigenvalue weighted by Gasteiger charge is 2.29. The Kier molecular flexibility index (Phi) is 5.79. The van der Waals surface area contributed by atoms with E-state index in [-0.39, 0.29) is 13.2 Å². The monoisotopic (exact) mass is 345 g/mol. The van der Waals surface area contributed by atoms with E-state index in [1.165, 1.54) is 11.3 Å². The molecule has 0 radical (unpaired) electrons. The molecule has 2 aromatic rings. The van der Waals surface area contributed by atoms with Gasteiger partial charge >= 0.3 is 6.03 Å². The third kappa shape index (κ3) is 3.85. The average Bonchev–Trinajstić information content (AvgIpc) is 3.08. The Morgan fingerprint density at radius 1 is 1.46 bits per heavy atom. The molecule has 0 aliphatic carbocycles. The quantitative estimate of drug-likeness (QED) is 0.701. The highest BCUT2D eigenvalue weighted by Crippen LogP contribution is 2.34. The Morgan fingerprint density at radius 3 is 2.75 bits per heavy atom. The van der Waals surface area contributed by atoms with Crippen molar-refractivity contribution in [2.45, 2.75) is 12.3 Å². The van der Waals surface area contributed by atoms with Gasteiger partial charge in [-0.05, 0) is 24.6 Å². The molecule has 0 unspecified atom stereocenters. The number of nitrogens with zero attached hydrogens (tertiary/aromatic N) is 1. The first kappa shape index (κ1) is 17.8. The Morgan fingerprint density at radius 2 is 2.17 bits per heavy atom. The summed E-state index contributed by atoms with van der Waals surface area (Å²) in [6.45, 7) is 1.96. The summed E-state index contributed by atoms with van der Waals surface area (Å²) >= 11 is 1.29. The molecule has 1 aromatic carbocycles. The number of aliphatic hydroxyl groups is 1. The van der Waals surface area contributed by atoms with Crippen LogP contribution in [0.4, 0.5) is 9.93 Å². The van der Waals surface area contributed by atoms with Gasteiger partial charge < -0.3 is 15.2 Å². The second-order valence-electron chi connectivity index (χ2n) is 5.14. The summed E-state index contributed by atoms with van der Waals surface area (Å²) in [5, 5.41) is 16.1. The predicted molar refractivity (Wildman–Crippen MR) is 94.5 cm³/mol. The van der Waals surface area contributed by atoms with Crippen molar-refractivity contribution < 1.29 is 14.6 Å². The molecule has 1 atom stereocenters. The normalized spacial score (nSPS) is 12.8. The summed E-state index contributed by atoms with van der Waals surface area (Å²) in [6, 6.07) is 7.08. The Hall–Kier alpha value is -2.56. The first-order valence-electron chi connectivity index (χ1n) is 7.27. The molecule has 3 N–H and O–H groups in total. The molecule has 2 rings (SSSR count). The number of aliphatic hydroxyl groups excluding tert-OH is 1. The first-order valence-corrected chi connectivity index (χ1v) is 8.15. The number of carbonyl (C=O) groups excluding carboxylic acids is 1. The molecule has 0 saturated heterocycles. The van der Waals surface area contributed by atoms with Crippen molar-refractivity contribution >= 4 is 22.5 Å². The fraction of sp³-hybridized carbons (Fsp3) is 0.294. The van der Waals surface area contributed by atoms with Crippen LogP contribution in [0.1, 0.15) is 18.2 Å². The van der Waals surface area contributed by atoms with Gasteiger partial charge in [-0.1, -0.05) is 18.1 Å². The number of ether oxygens (including phenoxy) is 1. The van der Waals surface area contributed by atoms with E-state index in [9.17, 15) is 4.79 Å². The van der Waals surface area contributed by atoms with Crippen molar-refractivity contribution in [2.24, 2.45) is 0 Å². The van der Waals surface area contributed by atoms with E-state index < -0.39 is 11.4 Å². The van der Waals surface area contributed by atoms with Crippen LogP contribution in [0.5, 0.6) is 5.75 Å². The van der Waals surface area contributed by atoms with Gasteiger partial charge in [-0.25, -0.2) is 9.78 Å². The van der Waals surface area contributed by atoms with E-state index in [4.69, 9.17) is 16.3 Å². The highest BCUT2D eigenvalue weighted by atomic mass is 32.1. The van der Waals surface area contributed by atoms with Gasteiger partial charge in [0.2, 0.25) is 0 Å². The molecule has 0 bridgehead atoms. The van der Waals surface area contributed by atoms with Crippen LogP contribution in [0, 0.1) is 12.3 Å². The van der Waals surface area contributed by atoms with Crippen LogP contribution in [-0.2, 0) is 5.41 Å². The van der Waals surface area contributed by atoms with Crippen LogP contribution < -0.4 is 15.4 Å². The minimum atomic E-state index is -0.718. The maximum Gasteiger partial charge on any atom is 0.321 e. The summed E-state index contributed by atoms with van der Waals surface area (Å²) in [7, 11) is 1.61. The zero-order chi connectivity index (χ0) is 17.6. The van der Waals surface area contributed by atoms with Crippen molar-refractivity contribution in [3.8, 4) is 18.1 Å². The lowest BCUT2D eigenvalue weighted by molar-refractivity contribution is 0.245. The van der Waals surface area contributed by atoms with Crippen molar-refractivity contribution in [3.63, 3.8) is 0 Å². The Labute approximate surface area is 144 Å². The number of carbonyl (C=O) groups is 1. The van der Waals surface area contributed by atoms with Crippen LogP contribution in [0.15, 0.2) is 29.6 Å². The van der Waals surface area contributed by atoms with Gasteiger partial charge in [-0.15, -0.1) is 17.8 Å². The number of anilines is 1. The molecule has 7 heteroatoms. The number of amides is 2. The molecule has 1 aromatic heterocycles. The summed E-state index contributed by atoms with van der Waals surface area (Å²) in [4.78, 5) is 16.1. The number of terminal acetylenes is 1. The highest BCUT2D eigenvalue weighted by molar-refractivity contribution is 7.14. The molecule has 126 valence electrons. The van der Waals surface area contributed by atoms with E-state index >= 15 is 0 Å². The van der Waals surface area contributed by atoms with E-state index in [0.29, 0.717) is 10.8 Å². The SMILES string of the molecule is C#C[C@](C)(c1ccc(OC)cc1)c1csc(NC(=O)NCCO)n1. The number of urea groups is 1. The van der Waals surface area contributed by atoms with E-state index in [2.05, 4.69) is 21.5 Å². The molecular formula is C17H19N3O3S. The Bertz CT molecular complexity index is 736. The number of hydrogen-bond donors (Lipinski definition) is 3. The second-order valence-corrected chi connectivity index (χ2v) is 6.00. The Balaban J connectivity index is 2.21. The van der Waals surface area contributed by atoms with Gasteiger partial charge in [0.05, 0.1) is 24.8 Å². The zero-order valence-electron chi connectivity index (χ0n) is 13.5. The van der Waals surface area contributed by atoms with Crippen LogP contribution in [-0.4, -0.2) is 36.4 Å². The topological polar surface area (TPSA) is 83.5 Å². The minimum absolute atomic E-state index is 0.122. The lowest BCUT2D eigenvalue weighted by atomic mass is 9.81. The lowest BCUT2D eigenvalue weighted by Gasteiger charge is -2.22. The number of rotatable bonds is 6. The maximum absolute atomic E-state index is 11.6. The first-order chi connectivity index (χ1) is 11.5. The van der Waals surface area contributed by atoms with Crippen molar-refractivity contribution in [1.82, 2.24) is 10.3 Å². The van der Waals surface area contributed by atoms with E-state index in [1.807, 2.05) is 36.6 Å². The number of hydrogen-bond acceptors (Lipinski definition) is 5. The maximum atomic E-state index is 11.6. The van der Waals surface area contributed by atoms with E-state index in [1.54, 1.807) is 7.11 Å². The van der Waals surface area contributed by atoms with Gasteiger partial charge in [0, 0.05) is 11.9 Å². The molecule has 0 aliphatic rings. The third-order valence-electron chi connectivity index (χ3n) is 3.59. The smallest absolute Gasteiger partial charge is 0.321 e. The third-order valence-corrected chi connectivity index (χ3v) is 4.35. The molecule has 0 aliphatic heterocycles. The largest absolute Gasteiger partial charge is 0.497 e. The number of methoxy groups -OCH3 is 1. The molecule has 1 heterocycles. The molecule has 24 heavy (non-hydrogen) atoms. The van der Waals surface area contributed by atoms with Crippen molar-refractivity contribution in [2.75, 3.05) is 25.6 Å². The zero-order valence-corrected chi connectivity index (χ0v) is 14.3. The number of nitrogens with one attached hydrogen (secondary N) is 2. The molecule has 2 amide bonds. The second kappa shape index (κ2) is 7.81. The molecular weight excluding hydrogens is 326 g/mol.